The lowest BCUT2D eigenvalue weighted by Crippen LogP contribution is -2.29. The van der Waals surface area contributed by atoms with Crippen LogP contribution in [-0.2, 0) is 6.54 Å². The van der Waals surface area contributed by atoms with Crippen LogP contribution in [0.4, 0.5) is 11.6 Å². The molecule has 0 saturated heterocycles. The molecule has 0 aliphatic carbocycles. The molecule has 0 bridgehead atoms. The summed E-state index contributed by atoms with van der Waals surface area (Å²) in [6, 6.07) is 9.55. The van der Waals surface area contributed by atoms with Gasteiger partial charge in [-0.05, 0) is 31.2 Å². The highest BCUT2D eigenvalue weighted by Gasteiger charge is 2.31. The molecule has 4 heterocycles. The van der Waals surface area contributed by atoms with Gasteiger partial charge < -0.3 is 19.4 Å². The van der Waals surface area contributed by atoms with Gasteiger partial charge in [0.2, 0.25) is 11.7 Å². The molecule has 0 radical (unpaired) electrons. The van der Waals surface area contributed by atoms with Crippen LogP contribution in [0.1, 0.15) is 20.8 Å². The topological polar surface area (TPSA) is 87.0 Å². The van der Waals surface area contributed by atoms with Crippen LogP contribution in [0.5, 0.6) is 11.5 Å². The van der Waals surface area contributed by atoms with Crippen LogP contribution in [0.2, 0.25) is 0 Å². The van der Waals surface area contributed by atoms with Gasteiger partial charge in [0.15, 0.2) is 17.1 Å². The van der Waals surface area contributed by atoms with Gasteiger partial charge in [-0.1, -0.05) is 0 Å². The molecule has 0 amide bonds. The van der Waals surface area contributed by atoms with E-state index in [2.05, 4.69) is 26.8 Å². The fourth-order valence-electron chi connectivity index (χ4n) is 3.43. The SMILES string of the molecule is CCn1c(-c2ccncc2)nc2cnc(Nc3ccc4c(c3)OC(C)(C)O4)nc21. The minimum atomic E-state index is -0.659. The molecule has 29 heavy (non-hydrogen) atoms. The third-order valence-corrected chi connectivity index (χ3v) is 4.65. The minimum absolute atomic E-state index is 0.492. The molecule has 3 aromatic heterocycles. The van der Waals surface area contributed by atoms with Crippen molar-refractivity contribution in [2.45, 2.75) is 33.1 Å². The lowest BCUT2D eigenvalue weighted by atomic mass is 10.2. The number of imidazole rings is 1. The summed E-state index contributed by atoms with van der Waals surface area (Å²) in [5, 5.41) is 3.24. The molecule has 1 N–H and O–H groups in total. The van der Waals surface area contributed by atoms with Gasteiger partial charge >= 0.3 is 0 Å². The summed E-state index contributed by atoms with van der Waals surface area (Å²) in [6.45, 7) is 6.57. The zero-order valence-corrected chi connectivity index (χ0v) is 16.4. The zero-order chi connectivity index (χ0) is 20.0. The van der Waals surface area contributed by atoms with Crippen molar-refractivity contribution in [3.8, 4) is 22.9 Å². The van der Waals surface area contributed by atoms with E-state index in [-0.39, 0.29) is 0 Å². The van der Waals surface area contributed by atoms with E-state index in [4.69, 9.17) is 19.4 Å². The Kier molecular flexibility index (Phi) is 3.87. The number of rotatable bonds is 4. The predicted octanol–water partition coefficient (Wildman–Crippen LogP) is 4.16. The molecule has 1 aliphatic heterocycles. The van der Waals surface area contributed by atoms with Gasteiger partial charge in [0, 0.05) is 50.1 Å². The van der Waals surface area contributed by atoms with Gasteiger partial charge in [-0.15, -0.1) is 0 Å². The Balaban J connectivity index is 1.49. The average molecular weight is 388 g/mol. The fourth-order valence-corrected chi connectivity index (χ4v) is 3.43. The molecule has 0 spiro atoms. The van der Waals surface area contributed by atoms with E-state index in [1.165, 1.54) is 0 Å². The van der Waals surface area contributed by atoms with Crippen LogP contribution in [0, 0.1) is 0 Å². The molecule has 0 unspecified atom stereocenters. The Morgan fingerprint density at radius 1 is 1.03 bits per heavy atom. The zero-order valence-electron chi connectivity index (χ0n) is 16.4. The summed E-state index contributed by atoms with van der Waals surface area (Å²) < 4.78 is 13.6. The molecule has 0 atom stereocenters. The summed E-state index contributed by atoms with van der Waals surface area (Å²) in [5.41, 5.74) is 3.34. The molecule has 0 saturated carbocycles. The standard InChI is InChI=1S/C21H20N6O2/c1-4-27-18(13-7-9-22-10-8-13)25-15-12-23-20(26-19(15)27)24-14-5-6-16-17(11-14)29-21(2,3)28-16/h5-12H,4H2,1-3H3,(H,23,24,26). The maximum absolute atomic E-state index is 5.81. The van der Waals surface area contributed by atoms with Crippen molar-refractivity contribution < 1.29 is 9.47 Å². The van der Waals surface area contributed by atoms with Gasteiger partial charge in [0.1, 0.15) is 11.3 Å². The van der Waals surface area contributed by atoms with Crippen molar-refractivity contribution in [3.63, 3.8) is 0 Å². The van der Waals surface area contributed by atoms with E-state index in [9.17, 15) is 0 Å². The number of nitrogens with one attached hydrogen (secondary N) is 1. The van der Waals surface area contributed by atoms with Gasteiger partial charge in [-0.3, -0.25) is 4.98 Å². The molecule has 1 aliphatic rings. The van der Waals surface area contributed by atoms with E-state index in [0.717, 1.165) is 40.5 Å². The summed E-state index contributed by atoms with van der Waals surface area (Å²) in [6.07, 6.45) is 5.25. The maximum Gasteiger partial charge on any atom is 0.246 e. The summed E-state index contributed by atoms with van der Waals surface area (Å²) in [4.78, 5) is 17.9. The minimum Gasteiger partial charge on any atom is -0.449 e. The number of benzene rings is 1. The second-order valence-corrected chi connectivity index (χ2v) is 7.21. The lowest BCUT2D eigenvalue weighted by molar-refractivity contribution is -0.0431. The van der Waals surface area contributed by atoms with Gasteiger partial charge in [-0.2, -0.15) is 4.98 Å². The van der Waals surface area contributed by atoms with E-state index < -0.39 is 5.79 Å². The number of nitrogens with zero attached hydrogens (tertiary/aromatic N) is 5. The number of aryl methyl sites for hydroxylation is 1. The van der Waals surface area contributed by atoms with E-state index >= 15 is 0 Å². The third kappa shape index (κ3) is 3.12. The van der Waals surface area contributed by atoms with Crippen molar-refractivity contribution in [2.24, 2.45) is 0 Å². The number of hydrogen-bond donors (Lipinski definition) is 1. The quantitative estimate of drug-likeness (QED) is 0.562. The number of aromatic nitrogens is 5. The summed E-state index contributed by atoms with van der Waals surface area (Å²) >= 11 is 0. The van der Waals surface area contributed by atoms with Crippen LogP contribution in [0.15, 0.2) is 48.9 Å². The van der Waals surface area contributed by atoms with Crippen molar-refractivity contribution in [1.82, 2.24) is 24.5 Å². The fraction of sp³-hybridized carbons (Fsp3) is 0.238. The maximum atomic E-state index is 5.81. The first-order valence-corrected chi connectivity index (χ1v) is 9.45. The molecule has 5 rings (SSSR count). The van der Waals surface area contributed by atoms with Gasteiger partial charge in [0.25, 0.3) is 0 Å². The highest BCUT2D eigenvalue weighted by Crippen LogP contribution is 2.41. The van der Waals surface area contributed by atoms with Crippen LogP contribution in [0.25, 0.3) is 22.6 Å². The Morgan fingerprint density at radius 2 is 1.83 bits per heavy atom. The molecule has 8 heteroatoms. The van der Waals surface area contributed by atoms with Crippen LogP contribution < -0.4 is 14.8 Å². The largest absolute Gasteiger partial charge is 0.449 e. The molecule has 0 fully saturated rings. The number of pyridine rings is 1. The van der Waals surface area contributed by atoms with E-state index in [0.29, 0.717) is 11.7 Å². The Bertz CT molecular complexity index is 1200. The average Bonchev–Trinajstić information content (AvgIpc) is 3.23. The predicted molar refractivity (Wildman–Crippen MR) is 109 cm³/mol. The monoisotopic (exact) mass is 388 g/mol. The first kappa shape index (κ1) is 17.4. The number of fused-ring (bicyclic) bond motifs is 2. The number of ether oxygens (including phenoxy) is 2. The van der Waals surface area contributed by atoms with Crippen LogP contribution in [0.3, 0.4) is 0 Å². The van der Waals surface area contributed by atoms with Crippen molar-refractivity contribution in [2.75, 3.05) is 5.32 Å². The Hall–Kier alpha value is -3.68. The Labute approximate surface area is 167 Å². The molecule has 4 aromatic rings. The summed E-state index contributed by atoms with van der Waals surface area (Å²) in [5.74, 6) is 2.10. The first-order valence-electron chi connectivity index (χ1n) is 9.45. The second kappa shape index (κ2) is 6.44. The molecule has 1 aromatic carbocycles. The van der Waals surface area contributed by atoms with Crippen LogP contribution in [-0.4, -0.2) is 30.3 Å². The van der Waals surface area contributed by atoms with E-state index in [1.54, 1.807) is 18.6 Å². The Morgan fingerprint density at radius 3 is 2.62 bits per heavy atom. The molecule has 146 valence electrons. The van der Waals surface area contributed by atoms with Crippen molar-refractivity contribution in [1.29, 1.82) is 0 Å². The van der Waals surface area contributed by atoms with Crippen LogP contribution >= 0.6 is 0 Å². The number of anilines is 2. The number of hydrogen-bond acceptors (Lipinski definition) is 7. The first-order chi connectivity index (χ1) is 14.0. The lowest BCUT2D eigenvalue weighted by Gasteiger charge is -2.16. The smallest absolute Gasteiger partial charge is 0.246 e. The third-order valence-electron chi connectivity index (χ3n) is 4.65. The van der Waals surface area contributed by atoms with Crippen molar-refractivity contribution >= 4 is 22.8 Å². The molecular weight excluding hydrogens is 368 g/mol. The summed E-state index contributed by atoms with van der Waals surface area (Å²) in [7, 11) is 0. The van der Waals surface area contributed by atoms with E-state index in [1.807, 2.05) is 44.2 Å². The molecular formula is C21H20N6O2. The second-order valence-electron chi connectivity index (χ2n) is 7.21. The van der Waals surface area contributed by atoms with Gasteiger partial charge in [-0.25, -0.2) is 9.97 Å². The highest BCUT2D eigenvalue weighted by atomic mass is 16.7. The highest BCUT2D eigenvalue weighted by molar-refractivity contribution is 5.78. The van der Waals surface area contributed by atoms with Gasteiger partial charge in [0.05, 0.1) is 6.20 Å². The normalized spacial score (nSPS) is 14.3. The molecule has 8 nitrogen and oxygen atoms in total. The van der Waals surface area contributed by atoms with Crippen molar-refractivity contribution in [3.05, 3.63) is 48.9 Å².